The van der Waals surface area contributed by atoms with Gasteiger partial charge < -0.3 is 14.2 Å². The van der Waals surface area contributed by atoms with Gasteiger partial charge in [-0.2, -0.15) is 5.26 Å². The average Bonchev–Trinajstić information content (AvgIpc) is 2.48. The standard InChI is InChI=1S/C16H18BrNO4/c1-4-20-14-9-11(8-13(17)15(14)21-5-2)7-12(10-18)16(19)22-6-3/h7-9H,4-6H2,1-3H3/b12-7+. The second-order valence-electron chi connectivity index (χ2n) is 4.09. The van der Waals surface area contributed by atoms with E-state index in [2.05, 4.69) is 15.9 Å². The zero-order valence-corrected chi connectivity index (χ0v) is 14.4. The summed E-state index contributed by atoms with van der Waals surface area (Å²) in [5.41, 5.74) is 0.573. The molecule has 0 saturated carbocycles. The highest BCUT2D eigenvalue weighted by molar-refractivity contribution is 9.10. The van der Waals surface area contributed by atoms with Crippen LogP contribution in [0.4, 0.5) is 0 Å². The van der Waals surface area contributed by atoms with Crippen molar-refractivity contribution >= 4 is 28.0 Å². The fourth-order valence-electron chi connectivity index (χ4n) is 1.73. The van der Waals surface area contributed by atoms with Gasteiger partial charge in [-0.1, -0.05) is 0 Å². The smallest absolute Gasteiger partial charge is 0.348 e. The highest BCUT2D eigenvalue weighted by Gasteiger charge is 2.14. The molecule has 0 heterocycles. The molecule has 118 valence electrons. The maximum atomic E-state index is 11.7. The Labute approximate surface area is 138 Å². The van der Waals surface area contributed by atoms with E-state index in [0.717, 1.165) is 0 Å². The zero-order valence-electron chi connectivity index (χ0n) is 12.8. The minimum atomic E-state index is -0.645. The number of nitriles is 1. The molecule has 0 fully saturated rings. The van der Waals surface area contributed by atoms with Crippen LogP contribution >= 0.6 is 15.9 Å². The lowest BCUT2D eigenvalue weighted by Crippen LogP contribution is -2.06. The van der Waals surface area contributed by atoms with Crippen molar-refractivity contribution in [1.82, 2.24) is 0 Å². The summed E-state index contributed by atoms with van der Waals surface area (Å²) >= 11 is 3.42. The fraction of sp³-hybridized carbons (Fsp3) is 0.375. The number of benzene rings is 1. The van der Waals surface area contributed by atoms with Crippen LogP contribution in [-0.2, 0) is 9.53 Å². The van der Waals surface area contributed by atoms with Gasteiger partial charge in [-0.05, 0) is 60.5 Å². The molecular weight excluding hydrogens is 350 g/mol. The number of halogens is 1. The van der Waals surface area contributed by atoms with Crippen LogP contribution in [0.15, 0.2) is 22.2 Å². The molecule has 1 aromatic rings. The van der Waals surface area contributed by atoms with E-state index < -0.39 is 5.97 Å². The lowest BCUT2D eigenvalue weighted by molar-refractivity contribution is -0.137. The second-order valence-corrected chi connectivity index (χ2v) is 4.94. The Hall–Kier alpha value is -2.00. The Bertz CT molecular complexity index is 605. The summed E-state index contributed by atoms with van der Waals surface area (Å²) in [7, 11) is 0. The van der Waals surface area contributed by atoms with Crippen LogP contribution in [0, 0.1) is 11.3 Å². The molecule has 0 aromatic heterocycles. The number of carbonyl (C=O) groups is 1. The third kappa shape index (κ3) is 4.78. The predicted octanol–water partition coefficient (Wildman–Crippen LogP) is 3.72. The van der Waals surface area contributed by atoms with E-state index in [0.29, 0.717) is 34.7 Å². The minimum absolute atomic E-state index is 0.0691. The third-order valence-corrected chi connectivity index (χ3v) is 3.14. The molecule has 0 N–H and O–H groups in total. The van der Waals surface area contributed by atoms with E-state index in [1.165, 1.54) is 6.08 Å². The summed E-state index contributed by atoms with van der Waals surface area (Å²) in [6.07, 6.45) is 1.46. The molecule has 0 aliphatic carbocycles. The largest absolute Gasteiger partial charge is 0.490 e. The van der Waals surface area contributed by atoms with E-state index in [9.17, 15) is 4.79 Å². The van der Waals surface area contributed by atoms with Crippen molar-refractivity contribution in [2.24, 2.45) is 0 Å². The van der Waals surface area contributed by atoms with Gasteiger partial charge in [0.2, 0.25) is 0 Å². The normalized spacial score (nSPS) is 10.8. The number of ether oxygens (including phenoxy) is 3. The van der Waals surface area contributed by atoms with Gasteiger partial charge >= 0.3 is 5.97 Å². The molecule has 0 saturated heterocycles. The highest BCUT2D eigenvalue weighted by atomic mass is 79.9. The number of rotatable bonds is 7. The van der Waals surface area contributed by atoms with Gasteiger partial charge in [0.15, 0.2) is 11.5 Å². The van der Waals surface area contributed by atoms with Crippen LogP contribution in [0.2, 0.25) is 0 Å². The average molecular weight is 368 g/mol. The van der Waals surface area contributed by atoms with Gasteiger partial charge in [0.25, 0.3) is 0 Å². The zero-order chi connectivity index (χ0) is 16.5. The first-order valence-corrected chi connectivity index (χ1v) is 7.74. The summed E-state index contributed by atoms with van der Waals surface area (Å²) < 4.78 is 16.6. The Morgan fingerprint density at radius 2 is 1.91 bits per heavy atom. The van der Waals surface area contributed by atoms with Crippen LogP contribution in [0.5, 0.6) is 11.5 Å². The number of hydrogen-bond acceptors (Lipinski definition) is 5. The molecule has 1 rings (SSSR count). The molecule has 0 aliphatic heterocycles. The van der Waals surface area contributed by atoms with Gasteiger partial charge in [-0.15, -0.1) is 0 Å². The molecular formula is C16H18BrNO4. The molecule has 6 heteroatoms. The third-order valence-electron chi connectivity index (χ3n) is 2.55. The molecule has 1 aromatic carbocycles. The molecule has 0 spiro atoms. The Kier molecular flexibility index (Phi) is 7.47. The summed E-state index contributed by atoms with van der Waals surface area (Å²) in [4.78, 5) is 11.7. The quantitative estimate of drug-likeness (QED) is 0.417. The lowest BCUT2D eigenvalue weighted by Gasteiger charge is -2.13. The first-order chi connectivity index (χ1) is 10.6. The van der Waals surface area contributed by atoms with Crippen molar-refractivity contribution < 1.29 is 19.0 Å². The second kappa shape index (κ2) is 9.11. The van der Waals surface area contributed by atoms with E-state index in [4.69, 9.17) is 19.5 Å². The summed E-state index contributed by atoms with van der Waals surface area (Å²) in [6, 6.07) is 5.32. The van der Waals surface area contributed by atoms with Crippen molar-refractivity contribution in [2.75, 3.05) is 19.8 Å². The molecule has 22 heavy (non-hydrogen) atoms. The summed E-state index contributed by atoms with van der Waals surface area (Å²) in [6.45, 7) is 6.63. The fourth-order valence-corrected chi connectivity index (χ4v) is 2.31. The Morgan fingerprint density at radius 3 is 2.45 bits per heavy atom. The van der Waals surface area contributed by atoms with Crippen molar-refractivity contribution in [3.05, 3.63) is 27.7 Å². The van der Waals surface area contributed by atoms with Gasteiger partial charge in [0.1, 0.15) is 11.6 Å². The van der Waals surface area contributed by atoms with E-state index in [1.807, 2.05) is 19.9 Å². The molecule has 0 unspecified atom stereocenters. The number of esters is 1. The van der Waals surface area contributed by atoms with Crippen LogP contribution in [0.3, 0.4) is 0 Å². The van der Waals surface area contributed by atoms with Gasteiger partial charge in [0, 0.05) is 0 Å². The summed E-state index contributed by atoms with van der Waals surface area (Å²) in [5.74, 6) is 0.496. The minimum Gasteiger partial charge on any atom is -0.490 e. The predicted molar refractivity (Wildman–Crippen MR) is 86.7 cm³/mol. The van der Waals surface area contributed by atoms with Crippen molar-refractivity contribution in [3.63, 3.8) is 0 Å². The van der Waals surface area contributed by atoms with Gasteiger partial charge in [0.05, 0.1) is 24.3 Å². The van der Waals surface area contributed by atoms with Gasteiger partial charge in [-0.3, -0.25) is 0 Å². The SMILES string of the molecule is CCOC(=O)/C(C#N)=C/c1cc(Br)c(OCC)c(OCC)c1. The molecule has 0 bridgehead atoms. The summed E-state index contributed by atoms with van der Waals surface area (Å²) in [5, 5.41) is 9.08. The number of carbonyl (C=O) groups excluding carboxylic acids is 1. The maximum Gasteiger partial charge on any atom is 0.348 e. The number of hydrogen-bond donors (Lipinski definition) is 0. The van der Waals surface area contributed by atoms with E-state index in [-0.39, 0.29) is 12.2 Å². The molecule has 5 nitrogen and oxygen atoms in total. The molecule has 0 aliphatic rings. The Balaban J connectivity index is 3.25. The topological polar surface area (TPSA) is 68.6 Å². The molecule has 0 radical (unpaired) electrons. The Morgan fingerprint density at radius 1 is 1.23 bits per heavy atom. The monoisotopic (exact) mass is 367 g/mol. The maximum absolute atomic E-state index is 11.7. The van der Waals surface area contributed by atoms with Crippen LogP contribution < -0.4 is 9.47 Å². The highest BCUT2D eigenvalue weighted by Crippen LogP contribution is 2.37. The van der Waals surface area contributed by atoms with Crippen molar-refractivity contribution in [3.8, 4) is 17.6 Å². The van der Waals surface area contributed by atoms with Crippen LogP contribution in [0.25, 0.3) is 6.08 Å². The number of nitrogens with zero attached hydrogens (tertiary/aromatic N) is 1. The van der Waals surface area contributed by atoms with Crippen molar-refractivity contribution in [1.29, 1.82) is 5.26 Å². The molecule has 0 amide bonds. The van der Waals surface area contributed by atoms with E-state index in [1.54, 1.807) is 19.1 Å². The molecule has 0 atom stereocenters. The first-order valence-electron chi connectivity index (χ1n) is 6.95. The van der Waals surface area contributed by atoms with E-state index >= 15 is 0 Å². The first kappa shape index (κ1) is 18.1. The van der Waals surface area contributed by atoms with Gasteiger partial charge in [-0.25, -0.2) is 4.79 Å². The van der Waals surface area contributed by atoms with Crippen molar-refractivity contribution in [2.45, 2.75) is 20.8 Å². The van der Waals surface area contributed by atoms with Crippen LogP contribution in [0.1, 0.15) is 26.3 Å². The van der Waals surface area contributed by atoms with Crippen LogP contribution in [-0.4, -0.2) is 25.8 Å². The lowest BCUT2D eigenvalue weighted by atomic mass is 10.1.